The predicted molar refractivity (Wildman–Crippen MR) is 156 cm³/mol. The van der Waals surface area contributed by atoms with Crippen LogP contribution >= 0.6 is 11.3 Å². The lowest BCUT2D eigenvalue weighted by Crippen LogP contribution is -2.44. The predicted octanol–water partition coefficient (Wildman–Crippen LogP) is 5.04. The molecular formula is C28H36N6O2S. The summed E-state index contributed by atoms with van der Waals surface area (Å²) in [7, 11) is 3.25. The van der Waals surface area contributed by atoms with Gasteiger partial charge in [0.25, 0.3) is 0 Å². The molecule has 1 saturated heterocycles. The quantitative estimate of drug-likeness (QED) is 0.314. The molecule has 4 heterocycles. The number of aryl methyl sites for hydroxylation is 1. The van der Waals surface area contributed by atoms with Crippen LogP contribution in [0.15, 0.2) is 59.9 Å². The summed E-state index contributed by atoms with van der Waals surface area (Å²) in [5.41, 5.74) is 11.8. The number of ether oxygens (including phenoxy) is 2. The molecule has 37 heavy (non-hydrogen) atoms. The van der Waals surface area contributed by atoms with Crippen molar-refractivity contribution in [2.45, 2.75) is 13.5 Å². The Balaban J connectivity index is 0.00000102. The summed E-state index contributed by atoms with van der Waals surface area (Å²) < 4.78 is 10.1. The summed E-state index contributed by atoms with van der Waals surface area (Å²) in [6, 6.07) is 13.8. The van der Waals surface area contributed by atoms with Crippen LogP contribution in [0.2, 0.25) is 0 Å². The average molecular weight is 521 g/mol. The molecule has 8 nitrogen and oxygen atoms in total. The summed E-state index contributed by atoms with van der Waals surface area (Å²) in [4.78, 5) is 19.1. The molecule has 1 fully saturated rings. The molecule has 0 atom stereocenters. The molecule has 1 aliphatic heterocycles. The molecule has 196 valence electrons. The number of nitrogens with two attached hydrogens (primary N) is 1. The Morgan fingerprint density at radius 2 is 2.00 bits per heavy atom. The molecule has 0 radical (unpaired) electrons. The van der Waals surface area contributed by atoms with E-state index in [0.29, 0.717) is 29.6 Å². The van der Waals surface area contributed by atoms with Crippen molar-refractivity contribution in [3.05, 3.63) is 76.7 Å². The van der Waals surface area contributed by atoms with Crippen LogP contribution in [0.4, 0.5) is 0 Å². The minimum Gasteiger partial charge on any atom is -0.395 e. The van der Waals surface area contributed by atoms with E-state index in [-0.39, 0.29) is 2.85 Å². The third kappa shape index (κ3) is 6.64. The first-order valence-electron chi connectivity index (χ1n) is 12.0. The van der Waals surface area contributed by atoms with E-state index < -0.39 is 0 Å². The second-order valence-corrected chi connectivity index (χ2v) is 9.91. The molecule has 5 rings (SSSR count). The molecule has 1 aromatic carbocycles. The Morgan fingerprint density at radius 1 is 1.19 bits per heavy atom. The van der Waals surface area contributed by atoms with Crippen molar-refractivity contribution in [3.63, 3.8) is 0 Å². The second kappa shape index (κ2) is 12.6. The largest absolute Gasteiger partial charge is 0.395 e. The van der Waals surface area contributed by atoms with Crippen molar-refractivity contribution in [2.75, 3.05) is 33.9 Å². The number of benzene rings is 1. The average Bonchev–Trinajstić information content (AvgIpc) is 3.35. The topological polar surface area (TPSA) is 108 Å². The number of methoxy groups -OCH3 is 1. The molecule has 3 aromatic heterocycles. The van der Waals surface area contributed by atoms with Gasteiger partial charge in [-0.2, -0.15) is 0 Å². The van der Waals surface area contributed by atoms with Crippen LogP contribution in [0, 0.1) is 12.8 Å². The monoisotopic (exact) mass is 520 g/mol. The maximum atomic E-state index is 6.43. The first-order valence-corrected chi connectivity index (χ1v) is 12.8. The van der Waals surface area contributed by atoms with Crippen molar-refractivity contribution >= 4 is 40.4 Å². The summed E-state index contributed by atoms with van der Waals surface area (Å²) in [6.45, 7) is 9.14. The zero-order valence-corrected chi connectivity index (χ0v) is 22.2. The van der Waals surface area contributed by atoms with E-state index in [1.807, 2.05) is 55.7 Å². The highest BCUT2D eigenvalue weighted by Crippen LogP contribution is 2.30. The van der Waals surface area contributed by atoms with Crippen LogP contribution in [0.1, 0.15) is 24.7 Å². The molecule has 0 saturated carbocycles. The molecular weight excluding hydrogens is 484 g/mol. The van der Waals surface area contributed by atoms with E-state index in [1.54, 1.807) is 25.6 Å². The minimum absolute atomic E-state index is 0. The minimum atomic E-state index is 0. The third-order valence-electron chi connectivity index (χ3n) is 5.80. The third-order valence-corrected chi connectivity index (χ3v) is 6.82. The zero-order chi connectivity index (χ0) is 26.2. The maximum absolute atomic E-state index is 6.43. The standard InChI is InChI=1S/C26H26N6OS.C2H6O.2H2/c1-16-4-3-5-23(32-16)24(27)25(28-2)18-6-7-22-19(8-18)9-20(12-30-22)26-31-13-21(34-26)15-33-14-17-10-29-11-17;1-3-2;;/h3-9,12-13,17,29H,2,10-11,14-15,27H2,1H3;1-2H3;2*1H/b25-24-;;;. The van der Waals surface area contributed by atoms with Crippen molar-refractivity contribution in [2.24, 2.45) is 16.6 Å². The first-order chi connectivity index (χ1) is 18.0. The SMILES string of the molecule is C=N/C(=C(\N)c1cccc(C)n1)c1ccc2ncc(-c3ncc(COCC4CNC4)s3)cc2c1.COC.[HH].[HH]. The highest BCUT2D eigenvalue weighted by atomic mass is 32.1. The van der Waals surface area contributed by atoms with E-state index in [4.69, 9.17) is 10.5 Å². The van der Waals surface area contributed by atoms with Crippen molar-refractivity contribution in [1.29, 1.82) is 0 Å². The number of aromatic nitrogens is 3. The Labute approximate surface area is 224 Å². The van der Waals surface area contributed by atoms with E-state index in [9.17, 15) is 0 Å². The van der Waals surface area contributed by atoms with Gasteiger partial charge in [0.1, 0.15) is 5.01 Å². The number of fused-ring (bicyclic) bond motifs is 1. The van der Waals surface area contributed by atoms with Crippen molar-refractivity contribution in [3.8, 4) is 10.6 Å². The van der Waals surface area contributed by atoms with Gasteiger partial charge in [-0.3, -0.25) is 15.0 Å². The molecule has 1 aliphatic rings. The van der Waals surface area contributed by atoms with Gasteiger partial charge >= 0.3 is 0 Å². The van der Waals surface area contributed by atoms with Crippen LogP contribution in [-0.4, -0.2) is 55.6 Å². The van der Waals surface area contributed by atoms with Gasteiger partial charge in [0, 0.05) is 70.7 Å². The normalized spacial score (nSPS) is 13.9. The van der Waals surface area contributed by atoms with E-state index in [1.165, 1.54) is 0 Å². The highest BCUT2D eigenvalue weighted by molar-refractivity contribution is 7.15. The number of nitrogens with one attached hydrogen (secondary N) is 1. The number of nitrogens with zero attached hydrogens (tertiary/aromatic N) is 4. The number of pyridine rings is 2. The zero-order valence-electron chi connectivity index (χ0n) is 21.4. The van der Waals surface area contributed by atoms with Gasteiger partial charge in [-0.05, 0) is 44.0 Å². The number of rotatable bonds is 8. The van der Waals surface area contributed by atoms with Crippen LogP contribution < -0.4 is 11.1 Å². The summed E-state index contributed by atoms with van der Waals surface area (Å²) in [5, 5.41) is 5.16. The Hall–Kier alpha value is -3.50. The van der Waals surface area contributed by atoms with Crippen LogP contribution in [-0.2, 0) is 16.1 Å². The first kappa shape index (κ1) is 26.6. The van der Waals surface area contributed by atoms with Gasteiger partial charge < -0.3 is 20.5 Å². The van der Waals surface area contributed by atoms with Crippen molar-refractivity contribution in [1.82, 2.24) is 20.3 Å². The van der Waals surface area contributed by atoms with Gasteiger partial charge in [0.2, 0.25) is 0 Å². The Kier molecular flexibility index (Phi) is 9.08. The number of hydrogen-bond acceptors (Lipinski definition) is 9. The number of thiazole rings is 1. The van der Waals surface area contributed by atoms with Gasteiger partial charge in [-0.15, -0.1) is 11.3 Å². The van der Waals surface area contributed by atoms with Crippen molar-refractivity contribution < 1.29 is 12.3 Å². The Morgan fingerprint density at radius 3 is 2.70 bits per heavy atom. The van der Waals surface area contributed by atoms with Crippen LogP contribution in [0.5, 0.6) is 0 Å². The summed E-state index contributed by atoms with van der Waals surface area (Å²) >= 11 is 1.63. The molecule has 3 N–H and O–H groups in total. The lowest BCUT2D eigenvalue weighted by molar-refractivity contribution is 0.0703. The molecule has 0 bridgehead atoms. The Bertz CT molecular complexity index is 1410. The molecule has 9 heteroatoms. The second-order valence-electron chi connectivity index (χ2n) is 8.80. The van der Waals surface area contributed by atoms with E-state index >= 15 is 0 Å². The van der Waals surface area contributed by atoms with E-state index in [2.05, 4.69) is 42.8 Å². The smallest absolute Gasteiger partial charge is 0.125 e. The summed E-state index contributed by atoms with van der Waals surface area (Å²) in [6.07, 6.45) is 3.75. The molecule has 0 aliphatic carbocycles. The lowest BCUT2D eigenvalue weighted by Gasteiger charge is -2.26. The molecule has 0 unspecified atom stereocenters. The molecule has 0 spiro atoms. The fraction of sp³-hybridized carbons (Fsp3) is 0.286. The number of hydrogen-bond donors (Lipinski definition) is 2. The number of aliphatic imine (C=N–C) groups is 1. The van der Waals surface area contributed by atoms with E-state index in [0.717, 1.165) is 57.3 Å². The van der Waals surface area contributed by atoms with Gasteiger partial charge in [0.15, 0.2) is 0 Å². The lowest BCUT2D eigenvalue weighted by atomic mass is 10.0. The van der Waals surface area contributed by atoms with Gasteiger partial charge in [-0.25, -0.2) is 4.98 Å². The molecule has 4 aromatic rings. The highest BCUT2D eigenvalue weighted by Gasteiger charge is 2.17. The maximum Gasteiger partial charge on any atom is 0.125 e. The van der Waals surface area contributed by atoms with Crippen LogP contribution in [0.3, 0.4) is 0 Å². The van der Waals surface area contributed by atoms with Gasteiger partial charge in [0.05, 0.1) is 40.7 Å². The van der Waals surface area contributed by atoms with Crippen LogP contribution in [0.25, 0.3) is 32.9 Å². The fourth-order valence-corrected chi connectivity index (χ4v) is 4.67. The fourth-order valence-electron chi connectivity index (χ4n) is 3.84. The molecule has 0 amide bonds. The van der Waals surface area contributed by atoms with Gasteiger partial charge in [-0.1, -0.05) is 12.1 Å². The summed E-state index contributed by atoms with van der Waals surface area (Å²) in [5.74, 6) is 0.631.